The molecular weight excluding hydrogens is 575 g/mol. The second-order valence-corrected chi connectivity index (χ2v) is 8.07. The summed E-state index contributed by atoms with van der Waals surface area (Å²) in [4.78, 5) is 19.5. The fourth-order valence-electron chi connectivity index (χ4n) is 2.39. The standard InChI is InChI=1S/C20H14Br2ClFN4O4/c1-2-31-16-5-10(3-4-15(16)32-19-14(24)9-25-20(23)27-19)8-26-28-18(30)11-6-12(21)17(29)13(22)7-11/h3-9,29H,2H2,1H3,(H,28,30)/b26-8-. The smallest absolute Gasteiger partial charge is 0.271 e. The zero-order valence-corrected chi connectivity index (χ0v) is 20.2. The Bertz CT molecular complexity index is 1170. The number of benzene rings is 2. The van der Waals surface area contributed by atoms with Gasteiger partial charge in [0.05, 0.1) is 28.0 Å². The third-order valence-electron chi connectivity index (χ3n) is 3.82. The van der Waals surface area contributed by atoms with Crippen molar-refractivity contribution in [1.82, 2.24) is 15.4 Å². The fourth-order valence-corrected chi connectivity index (χ4v) is 3.70. The Kier molecular flexibility index (Phi) is 7.99. The molecule has 0 aliphatic heterocycles. The summed E-state index contributed by atoms with van der Waals surface area (Å²) in [6.07, 6.45) is 2.30. The van der Waals surface area contributed by atoms with Crippen molar-refractivity contribution in [3.8, 4) is 23.1 Å². The number of rotatable bonds is 7. The van der Waals surface area contributed by atoms with Gasteiger partial charge in [-0.05, 0) is 86.3 Å². The van der Waals surface area contributed by atoms with Crippen LogP contribution in [0.4, 0.5) is 4.39 Å². The van der Waals surface area contributed by atoms with Crippen LogP contribution in [0.2, 0.25) is 5.28 Å². The van der Waals surface area contributed by atoms with Gasteiger partial charge in [0.1, 0.15) is 5.75 Å². The van der Waals surface area contributed by atoms with Crippen LogP contribution < -0.4 is 14.9 Å². The number of phenols is 1. The number of ether oxygens (including phenoxy) is 2. The largest absolute Gasteiger partial charge is 0.506 e. The monoisotopic (exact) mass is 586 g/mol. The summed E-state index contributed by atoms with van der Waals surface area (Å²) in [6, 6.07) is 7.69. The van der Waals surface area contributed by atoms with E-state index in [1.807, 2.05) is 0 Å². The Morgan fingerprint density at radius 3 is 2.69 bits per heavy atom. The van der Waals surface area contributed by atoms with Gasteiger partial charge in [0.25, 0.3) is 11.8 Å². The van der Waals surface area contributed by atoms with Gasteiger partial charge >= 0.3 is 0 Å². The molecule has 0 aliphatic carbocycles. The minimum Gasteiger partial charge on any atom is -0.506 e. The molecule has 0 aliphatic rings. The SMILES string of the molecule is CCOc1cc(/C=N\NC(=O)c2cc(Br)c(O)c(Br)c2)ccc1Oc1nc(Cl)ncc1F. The number of carbonyl (C=O) groups excluding carboxylic acids is 1. The number of carbonyl (C=O) groups is 1. The summed E-state index contributed by atoms with van der Waals surface area (Å²) in [5, 5.41) is 13.5. The first kappa shape index (κ1) is 23.9. The van der Waals surface area contributed by atoms with Gasteiger partial charge in [-0.1, -0.05) is 0 Å². The van der Waals surface area contributed by atoms with Crippen LogP contribution in [0, 0.1) is 5.82 Å². The first-order valence-electron chi connectivity index (χ1n) is 8.92. The molecule has 0 bridgehead atoms. The molecule has 0 saturated carbocycles. The van der Waals surface area contributed by atoms with Crippen molar-refractivity contribution in [2.24, 2.45) is 5.10 Å². The quantitative estimate of drug-likeness (QED) is 0.216. The van der Waals surface area contributed by atoms with Gasteiger partial charge in [-0.2, -0.15) is 14.5 Å². The highest BCUT2D eigenvalue weighted by Crippen LogP contribution is 2.34. The van der Waals surface area contributed by atoms with Gasteiger partial charge in [-0.15, -0.1) is 0 Å². The van der Waals surface area contributed by atoms with Crippen LogP contribution >= 0.6 is 43.5 Å². The molecule has 1 aromatic heterocycles. The summed E-state index contributed by atoms with van der Waals surface area (Å²) < 4.78 is 25.6. The first-order chi connectivity index (χ1) is 15.3. The van der Waals surface area contributed by atoms with Gasteiger partial charge in [-0.3, -0.25) is 4.79 Å². The Balaban J connectivity index is 1.75. The van der Waals surface area contributed by atoms with Crippen LogP contribution in [-0.4, -0.2) is 33.8 Å². The third-order valence-corrected chi connectivity index (χ3v) is 5.21. The Labute approximate surface area is 203 Å². The van der Waals surface area contributed by atoms with Crippen molar-refractivity contribution in [2.75, 3.05) is 6.61 Å². The van der Waals surface area contributed by atoms with Crippen molar-refractivity contribution in [1.29, 1.82) is 0 Å². The highest BCUT2D eigenvalue weighted by molar-refractivity contribution is 9.11. The van der Waals surface area contributed by atoms with Gasteiger partial charge < -0.3 is 14.6 Å². The van der Waals surface area contributed by atoms with Crippen molar-refractivity contribution < 1.29 is 23.8 Å². The number of amides is 1. The number of hydrogen-bond donors (Lipinski definition) is 2. The lowest BCUT2D eigenvalue weighted by Crippen LogP contribution is -2.17. The van der Waals surface area contributed by atoms with Crippen molar-refractivity contribution >= 4 is 55.6 Å². The lowest BCUT2D eigenvalue weighted by Gasteiger charge is -2.12. The maximum atomic E-state index is 13.9. The highest BCUT2D eigenvalue weighted by Gasteiger charge is 2.14. The molecular formula is C20H14Br2ClFN4O4. The maximum absolute atomic E-state index is 13.9. The highest BCUT2D eigenvalue weighted by atomic mass is 79.9. The average molecular weight is 589 g/mol. The molecule has 0 saturated heterocycles. The molecule has 0 atom stereocenters. The van der Waals surface area contributed by atoms with E-state index in [4.69, 9.17) is 21.1 Å². The number of aromatic nitrogens is 2. The van der Waals surface area contributed by atoms with Crippen molar-refractivity contribution in [2.45, 2.75) is 6.92 Å². The van der Waals surface area contributed by atoms with Gasteiger partial charge in [0.15, 0.2) is 11.5 Å². The first-order valence-corrected chi connectivity index (χ1v) is 10.9. The summed E-state index contributed by atoms with van der Waals surface area (Å²) in [5.41, 5.74) is 3.25. The van der Waals surface area contributed by atoms with E-state index >= 15 is 0 Å². The van der Waals surface area contributed by atoms with Crippen LogP contribution in [0.1, 0.15) is 22.8 Å². The molecule has 3 aromatic rings. The molecule has 0 radical (unpaired) electrons. The molecule has 1 amide bonds. The van der Waals surface area contributed by atoms with E-state index in [0.717, 1.165) is 6.20 Å². The van der Waals surface area contributed by atoms with E-state index in [1.165, 1.54) is 24.4 Å². The number of nitrogens with one attached hydrogen (secondary N) is 1. The number of hydrogen-bond acceptors (Lipinski definition) is 7. The molecule has 1 heterocycles. The van der Waals surface area contributed by atoms with Crippen LogP contribution in [-0.2, 0) is 0 Å². The van der Waals surface area contributed by atoms with Gasteiger partial charge in [0, 0.05) is 5.56 Å². The van der Waals surface area contributed by atoms with Crippen LogP contribution in [0.5, 0.6) is 23.1 Å². The third kappa shape index (κ3) is 5.93. The molecule has 8 nitrogen and oxygen atoms in total. The van der Waals surface area contributed by atoms with Crippen LogP contribution in [0.25, 0.3) is 0 Å². The van der Waals surface area contributed by atoms with E-state index in [-0.39, 0.29) is 28.2 Å². The topological polar surface area (TPSA) is 106 Å². The van der Waals surface area contributed by atoms with E-state index in [2.05, 4.69) is 52.4 Å². The fraction of sp³-hybridized carbons (Fsp3) is 0.100. The Hall–Kier alpha value is -2.76. The summed E-state index contributed by atoms with van der Waals surface area (Å²) >= 11 is 12.0. The number of phenolic OH excluding ortho intramolecular Hbond substituents is 1. The minimum atomic E-state index is -0.780. The minimum absolute atomic E-state index is 0.0140. The lowest BCUT2D eigenvalue weighted by atomic mass is 10.2. The molecule has 32 heavy (non-hydrogen) atoms. The summed E-state index contributed by atoms with van der Waals surface area (Å²) in [5.74, 6) is -1.10. The Morgan fingerprint density at radius 2 is 2.00 bits per heavy atom. The van der Waals surface area contributed by atoms with E-state index in [0.29, 0.717) is 26.9 Å². The molecule has 0 spiro atoms. The summed E-state index contributed by atoms with van der Waals surface area (Å²) in [7, 11) is 0. The zero-order valence-electron chi connectivity index (χ0n) is 16.3. The second-order valence-electron chi connectivity index (χ2n) is 6.02. The molecule has 12 heteroatoms. The molecule has 0 unspecified atom stereocenters. The van der Waals surface area contributed by atoms with Crippen LogP contribution in [0.3, 0.4) is 0 Å². The lowest BCUT2D eigenvalue weighted by molar-refractivity contribution is 0.0955. The zero-order chi connectivity index (χ0) is 23.3. The van der Waals surface area contributed by atoms with Crippen LogP contribution in [0.15, 0.2) is 50.6 Å². The van der Waals surface area contributed by atoms with E-state index < -0.39 is 11.7 Å². The normalized spacial score (nSPS) is 10.9. The van der Waals surface area contributed by atoms with Gasteiger partial charge in [-0.25, -0.2) is 10.4 Å². The number of halogens is 4. The molecule has 0 fully saturated rings. The second kappa shape index (κ2) is 10.7. The predicted octanol–water partition coefficient (Wildman–Crippen LogP) is 5.45. The molecule has 2 N–H and O–H groups in total. The summed E-state index contributed by atoms with van der Waals surface area (Å²) in [6.45, 7) is 2.10. The number of aromatic hydroxyl groups is 1. The van der Waals surface area contributed by atoms with Crippen molar-refractivity contribution in [3.63, 3.8) is 0 Å². The van der Waals surface area contributed by atoms with E-state index in [9.17, 15) is 14.3 Å². The maximum Gasteiger partial charge on any atom is 0.271 e. The molecule has 2 aromatic carbocycles. The van der Waals surface area contributed by atoms with Crippen molar-refractivity contribution in [3.05, 3.63) is 67.7 Å². The Morgan fingerprint density at radius 1 is 1.28 bits per heavy atom. The average Bonchev–Trinajstić information content (AvgIpc) is 2.76. The molecule has 166 valence electrons. The number of nitrogens with zero attached hydrogens (tertiary/aromatic N) is 3. The van der Waals surface area contributed by atoms with E-state index in [1.54, 1.807) is 19.1 Å². The molecule has 3 rings (SSSR count). The number of hydrazone groups is 1. The van der Waals surface area contributed by atoms with Gasteiger partial charge in [0.2, 0.25) is 11.1 Å². The predicted molar refractivity (Wildman–Crippen MR) is 123 cm³/mol.